The highest BCUT2D eigenvalue weighted by Crippen LogP contribution is 2.22. The fourth-order valence-corrected chi connectivity index (χ4v) is 1.81. The molecule has 0 atom stereocenters. The summed E-state index contributed by atoms with van der Waals surface area (Å²) in [6.07, 6.45) is 0. The highest BCUT2D eigenvalue weighted by Gasteiger charge is 2.19. The van der Waals surface area contributed by atoms with Crippen molar-refractivity contribution >= 4 is 11.8 Å². The summed E-state index contributed by atoms with van der Waals surface area (Å²) in [5.41, 5.74) is 6.38. The van der Waals surface area contributed by atoms with E-state index in [1.807, 2.05) is 0 Å². The molecule has 0 spiro atoms. The smallest absolute Gasteiger partial charge is 0.343 e. The van der Waals surface area contributed by atoms with E-state index in [0.717, 1.165) is 12.1 Å². The van der Waals surface area contributed by atoms with Gasteiger partial charge in [-0.25, -0.2) is 23.5 Å². The lowest BCUT2D eigenvalue weighted by Crippen LogP contribution is -2.13. The molecule has 21 heavy (non-hydrogen) atoms. The van der Waals surface area contributed by atoms with Crippen molar-refractivity contribution in [2.45, 2.75) is 13.8 Å². The Bertz CT molecular complexity index is 682. The molecule has 0 bridgehead atoms. The molecule has 0 fully saturated rings. The number of hydrogen-bond acceptors (Lipinski definition) is 5. The molecular weight excluding hydrogens is 280 g/mol. The number of rotatable bonds is 3. The summed E-state index contributed by atoms with van der Waals surface area (Å²) < 4.78 is 31.0. The van der Waals surface area contributed by atoms with Crippen molar-refractivity contribution in [1.29, 1.82) is 0 Å². The predicted octanol–water partition coefficient (Wildman–Crippen LogP) is 2.49. The third-order valence-electron chi connectivity index (χ3n) is 2.78. The van der Waals surface area contributed by atoms with E-state index in [2.05, 4.69) is 9.97 Å². The average molecular weight is 293 g/mol. The van der Waals surface area contributed by atoms with Crippen LogP contribution in [0, 0.1) is 18.6 Å². The monoisotopic (exact) mass is 293 g/mol. The number of anilines is 1. The molecule has 0 saturated carbocycles. The quantitative estimate of drug-likeness (QED) is 0.880. The highest BCUT2D eigenvalue weighted by atomic mass is 19.2. The van der Waals surface area contributed by atoms with E-state index in [4.69, 9.17) is 10.5 Å². The third kappa shape index (κ3) is 2.96. The second-order valence-corrected chi connectivity index (χ2v) is 4.24. The van der Waals surface area contributed by atoms with Crippen molar-refractivity contribution < 1.29 is 18.3 Å². The number of nitrogens with two attached hydrogens (primary N) is 1. The van der Waals surface area contributed by atoms with Crippen LogP contribution in [-0.2, 0) is 4.74 Å². The molecule has 0 aliphatic carbocycles. The molecule has 2 aromatic rings. The van der Waals surface area contributed by atoms with E-state index in [1.165, 1.54) is 6.07 Å². The number of carbonyl (C=O) groups excluding carboxylic acids is 1. The summed E-state index contributed by atoms with van der Waals surface area (Å²) in [6, 6.07) is 3.27. The zero-order valence-corrected chi connectivity index (χ0v) is 11.5. The molecule has 2 rings (SSSR count). The molecule has 2 N–H and O–H groups in total. The van der Waals surface area contributed by atoms with Crippen LogP contribution in [0.4, 0.5) is 14.6 Å². The van der Waals surface area contributed by atoms with Gasteiger partial charge in [-0.1, -0.05) is 0 Å². The lowest BCUT2D eigenvalue weighted by atomic mass is 10.1. The molecular formula is C14H13F2N3O2. The Hall–Kier alpha value is -2.57. The number of ether oxygens (including phenoxy) is 1. The second-order valence-electron chi connectivity index (χ2n) is 4.24. The molecule has 0 amide bonds. The second kappa shape index (κ2) is 5.82. The number of aromatic nitrogens is 2. The van der Waals surface area contributed by atoms with Crippen LogP contribution >= 0.6 is 0 Å². The lowest BCUT2D eigenvalue weighted by Gasteiger charge is -2.09. The van der Waals surface area contributed by atoms with Crippen LogP contribution in [-0.4, -0.2) is 22.5 Å². The van der Waals surface area contributed by atoms with Crippen molar-refractivity contribution in [2.24, 2.45) is 0 Å². The van der Waals surface area contributed by atoms with Gasteiger partial charge >= 0.3 is 5.97 Å². The molecule has 5 nitrogen and oxygen atoms in total. The first kappa shape index (κ1) is 14.8. The molecule has 110 valence electrons. The molecule has 0 aliphatic heterocycles. The first-order valence-electron chi connectivity index (χ1n) is 6.20. The van der Waals surface area contributed by atoms with Gasteiger partial charge in [0.1, 0.15) is 11.4 Å². The van der Waals surface area contributed by atoms with Crippen molar-refractivity contribution in [3.05, 3.63) is 41.1 Å². The van der Waals surface area contributed by atoms with E-state index < -0.39 is 17.6 Å². The number of benzene rings is 1. The number of esters is 1. The predicted molar refractivity (Wildman–Crippen MR) is 72.5 cm³/mol. The van der Waals surface area contributed by atoms with E-state index in [-0.39, 0.29) is 29.4 Å². The zero-order chi connectivity index (χ0) is 15.6. The van der Waals surface area contributed by atoms with Crippen LogP contribution in [0.5, 0.6) is 0 Å². The SMILES string of the molecule is CCOC(=O)c1c(C)nc(-c2ccc(F)c(F)c2)nc1N. The van der Waals surface area contributed by atoms with Crippen LogP contribution in [0.1, 0.15) is 23.0 Å². The first-order valence-corrected chi connectivity index (χ1v) is 6.20. The Morgan fingerprint density at radius 2 is 2.00 bits per heavy atom. The topological polar surface area (TPSA) is 78.1 Å². The number of hydrogen-bond donors (Lipinski definition) is 1. The van der Waals surface area contributed by atoms with Gasteiger partial charge < -0.3 is 10.5 Å². The van der Waals surface area contributed by atoms with Gasteiger partial charge in [-0.15, -0.1) is 0 Å². The average Bonchev–Trinajstić information content (AvgIpc) is 2.41. The fourth-order valence-electron chi connectivity index (χ4n) is 1.81. The van der Waals surface area contributed by atoms with E-state index >= 15 is 0 Å². The van der Waals surface area contributed by atoms with E-state index in [9.17, 15) is 13.6 Å². The molecule has 7 heteroatoms. The summed E-state index contributed by atoms with van der Waals surface area (Å²) in [7, 11) is 0. The van der Waals surface area contributed by atoms with Crippen LogP contribution in [0.25, 0.3) is 11.4 Å². The minimum Gasteiger partial charge on any atom is -0.462 e. The van der Waals surface area contributed by atoms with E-state index in [1.54, 1.807) is 13.8 Å². The number of aryl methyl sites for hydroxylation is 1. The molecule has 0 radical (unpaired) electrons. The van der Waals surface area contributed by atoms with Crippen LogP contribution < -0.4 is 5.73 Å². The van der Waals surface area contributed by atoms with Gasteiger partial charge in [-0.3, -0.25) is 0 Å². The number of halogens is 2. The molecule has 0 unspecified atom stereocenters. The molecule has 0 saturated heterocycles. The number of nitrogens with zero attached hydrogens (tertiary/aromatic N) is 2. The van der Waals surface area contributed by atoms with Crippen LogP contribution in [0.15, 0.2) is 18.2 Å². The molecule has 1 aromatic heterocycles. The van der Waals surface area contributed by atoms with Gasteiger partial charge in [-0.05, 0) is 32.0 Å². The maximum absolute atomic E-state index is 13.2. The van der Waals surface area contributed by atoms with Crippen molar-refractivity contribution in [2.75, 3.05) is 12.3 Å². The van der Waals surface area contributed by atoms with Gasteiger partial charge in [0.05, 0.1) is 12.3 Å². The summed E-state index contributed by atoms with van der Waals surface area (Å²) >= 11 is 0. The van der Waals surface area contributed by atoms with Gasteiger partial charge in [-0.2, -0.15) is 0 Å². The third-order valence-corrected chi connectivity index (χ3v) is 2.78. The molecule has 1 heterocycles. The van der Waals surface area contributed by atoms with Crippen molar-refractivity contribution in [3.8, 4) is 11.4 Å². The Morgan fingerprint density at radius 1 is 1.29 bits per heavy atom. The van der Waals surface area contributed by atoms with Crippen LogP contribution in [0.2, 0.25) is 0 Å². The summed E-state index contributed by atoms with van der Waals surface area (Å²) in [6.45, 7) is 3.43. The number of nitrogen functional groups attached to an aromatic ring is 1. The number of carbonyl (C=O) groups is 1. The first-order chi connectivity index (χ1) is 9.93. The van der Waals surface area contributed by atoms with Gasteiger partial charge in [0, 0.05) is 5.56 Å². The minimum atomic E-state index is -1.01. The molecule has 1 aromatic carbocycles. The van der Waals surface area contributed by atoms with Crippen molar-refractivity contribution in [3.63, 3.8) is 0 Å². The Balaban J connectivity index is 2.48. The minimum absolute atomic E-state index is 0.0688. The van der Waals surface area contributed by atoms with E-state index in [0.29, 0.717) is 5.69 Å². The Morgan fingerprint density at radius 3 is 2.57 bits per heavy atom. The van der Waals surface area contributed by atoms with Gasteiger partial charge in [0.2, 0.25) is 0 Å². The summed E-state index contributed by atoms with van der Waals surface area (Å²) in [4.78, 5) is 19.8. The van der Waals surface area contributed by atoms with Crippen molar-refractivity contribution in [1.82, 2.24) is 9.97 Å². The van der Waals surface area contributed by atoms with Crippen LogP contribution in [0.3, 0.4) is 0 Å². The Kier molecular flexibility index (Phi) is 4.11. The zero-order valence-electron chi connectivity index (χ0n) is 11.5. The summed E-state index contributed by atoms with van der Waals surface area (Å²) in [5.74, 6) is -2.56. The standard InChI is InChI=1S/C14H13F2N3O2/c1-3-21-14(20)11-7(2)18-13(19-12(11)17)8-4-5-9(15)10(16)6-8/h4-6H,3H2,1-2H3,(H2,17,18,19). The Labute approximate surface area is 119 Å². The maximum Gasteiger partial charge on any atom is 0.343 e. The lowest BCUT2D eigenvalue weighted by molar-refractivity contribution is 0.0526. The normalized spacial score (nSPS) is 10.5. The molecule has 0 aliphatic rings. The fraction of sp³-hybridized carbons (Fsp3) is 0.214. The largest absolute Gasteiger partial charge is 0.462 e. The van der Waals surface area contributed by atoms with Gasteiger partial charge in [0.15, 0.2) is 17.5 Å². The van der Waals surface area contributed by atoms with Gasteiger partial charge in [0.25, 0.3) is 0 Å². The highest BCUT2D eigenvalue weighted by molar-refractivity contribution is 5.95. The maximum atomic E-state index is 13.2. The summed E-state index contributed by atoms with van der Waals surface area (Å²) in [5, 5.41) is 0.